The summed E-state index contributed by atoms with van der Waals surface area (Å²) in [5, 5.41) is 3.05. The maximum absolute atomic E-state index is 11.8. The molecule has 15 heavy (non-hydrogen) atoms. The van der Waals surface area contributed by atoms with Gasteiger partial charge in [0.25, 0.3) is 0 Å². The fourth-order valence-corrected chi connectivity index (χ4v) is 1.49. The van der Waals surface area contributed by atoms with E-state index in [9.17, 15) is 4.79 Å². The predicted molar refractivity (Wildman–Crippen MR) is 58.4 cm³/mol. The Morgan fingerprint density at radius 2 is 2.33 bits per heavy atom. The van der Waals surface area contributed by atoms with Gasteiger partial charge in [-0.2, -0.15) is 0 Å². The van der Waals surface area contributed by atoms with Crippen molar-refractivity contribution in [1.82, 2.24) is 19.8 Å². The molecule has 1 heterocycles. The topological polar surface area (TPSA) is 50.2 Å². The van der Waals surface area contributed by atoms with Crippen molar-refractivity contribution in [1.29, 1.82) is 0 Å². The zero-order valence-corrected chi connectivity index (χ0v) is 9.69. The van der Waals surface area contributed by atoms with Gasteiger partial charge in [0.05, 0.1) is 12.0 Å². The van der Waals surface area contributed by atoms with Gasteiger partial charge in [0, 0.05) is 26.8 Å². The Morgan fingerprint density at radius 3 is 2.87 bits per heavy atom. The van der Waals surface area contributed by atoms with E-state index in [1.165, 1.54) is 0 Å². The van der Waals surface area contributed by atoms with Gasteiger partial charge in [-0.1, -0.05) is 0 Å². The Kier molecular flexibility index (Phi) is 3.85. The monoisotopic (exact) mass is 210 g/mol. The summed E-state index contributed by atoms with van der Waals surface area (Å²) in [5.41, 5.74) is 1.01. The van der Waals surface area contributed by atoms with Crippen molar-refractivity contribution in [3.8, 4) is 0 Å². The van der Waals surface area contributed by atoms with E-state index in [-0.39, 0.29) is 11.9 Å². The highest BCUT2D eigenvalue weighted by molar-refractivity contribution is 5.79. The number of nitrogens with zero attached hydrogens (tertiary/aromatic N) is 3. The van der Waals surface area contributed by atoms with Crippen LogP contribution in [0.15, 0.2) is 12.5 Å². The van der Waals surface area contributed by atoms with Crippen LogP contribution in [0.3, 0.4) is 0 Å². The number of carbonyl (C=O) groups is 1. The maximum Gasteiger partial charge on any atom is 0.244 e. The van der Waals surface area contributed by atoms with E-state index in [0.717, 1.165) is 5.69 Å². The number of likely N-dealkylation sites (N-methyl/N-ethyl adjacent to an activating group) is 1. The van der Waals surface area contributed by atoms with Crippen molar-refractivity contribution < 1.29 is 4.79 Å². The lowest BCUT2D eigenvalue weighted by atomic mass is 10.3. The molecule has 0 bridgehead atoms. The molecule has 1 atom stereocenters. The third-order valence-corrected chi connectivity index (χ3v) is 2.32. The summed E-state index contributed by atoms with van der Waals surface area (Å²) in [6.45, 7) is 2.59. The molecule has 1 unspecified atom stereocenters. The predicted octanol–water partition coefficient (Wildman–Crippen LogP) is 0.252. The first-order chi connectivity index (χ1) is 7.07. The Bertz CT molecular complexity index is 332. The highest BCUT2D eigenvalue weighted by Gasteiger charge is 2.18. The second-order valence-corrected chi connectivity index (χ2v) is 3.73. The summed E-state index contributed by atoms with van der Waals surface area (Å²) in [7, 11) is 5.39. The first-order valence-corrected chi connectivity index (χ1v) is 4.94. The first-order valence-electron chi connectivity index (χ1n) is 4.94. The number of aromatic nitrogens is 2. The smallest absolute Gasteiger partial charge is 0.244 e. The van der Waals surface area contributed by atoms with Crippen LogP contribution in [0.4, 0.5) is 0 Å². The number of nitrogens with one attached hydrogen (secondary N) is 1. The van der Waals surface area contributed by atoms with Crippen molar-refractivity contribution in [2.45, 2.75) is 19.5 Å². The largest absolute Gasteiger partial charge is 0.347 e. The van der Waals surface area contributed by atoms with Gasteiger partial charge in [-0.05, 0) is 14.0 Å². The van der Waals surface area contributed by atoms with E-state index in [1.807, 2.05) is 18.5 Å². The van der Waals surface area contributed by atoms with E-state index in [4.69, 9.17) is 0 Å². The molecule has 1 amide bonds. The van der Waals surface area contributed by atoms with Crippen LogP contribution in [-0.2, 0) is 11.3 Å². The molecule has 84 valence electrons. The van der Waals surface area contributed by atoms with E-state index >= 15 is 0 Å². The van der Waals surface area contributed by atoms with E-state index in [2.05, 4.69) is 10.3 Å². The molecule has 0 saturated carbocycles. The van der Waals surface area contributed by atoms with Crippen LogP contribution in [0.25, 0.3) is 0 Å². The molecule has 0 spiro atoms. The summed E-state index contributed by atoms with van der Waals surface area (Å²) >= 11 is 0. The normalized spacial score (nSPS) is 12.5. The molecule has 0 radical (unpaired) electrons. The Labute approximate surface area is 90.1 Å². The number of hydrogen-bond acceptors (Lipinski definition) is 3. The molecule has 5 heteroatoms. The molecule has 0 fully saturated rings. The summed E-state index contributed by atoms with van der Waals surface area (Å²) in [6.07, 6.45) is 3.47. The van der Waals surface area contributed by atoms with Gasteiger partial charge in [-0.15, -0.1) is 0 Å². The molecule has 0 aliphatic carbocycles. The number of rotatable bonds is 4. The third kappa shape index (κ3) is 2.56. The van der Waals surface area contributed by atoms with Crippen LogP contribution in [-0.4, -0.2) is 41.5 Å². The summed E-state index contributed by atoms with van der Waals surface area (Å²) in [4.78, 5) is 17.4. The Morgan fingerprint density at radius 1 is 1.67 bits per heavy atom. The summed E-state index contributed by atoms with van der Waals surface area (Å²) in [6, 6.07) is -0.203. The van der Waals surface area contributed by atoms with Gasteiger partial charge in [0.2, 0.25) is 5.91 Å². The van der Waals surface area contributed by atoms with Crippen molar-refractivity contribution in [3.63, 3.8) is 0 Å². The van der Waals surface area contributed by atoms with Gasteiger partial charge >= 0.3 is 0 Å². The second kappa shape index (κ2) is 4.93. The first kappa shape index (κ1) is 11.7. The lowest BCUT2D eigenvalue weighted by molar-refractivity contribution is -0.131. The maximum atomic E-state index is 11.8. The fraction of sp³-hybridized carbons (Fsp3) is 0.600. The number of carbonyl (C=O) groups excluding carboxylic acids is 1. The van der Waals surface area contributed by atoms with Gasteiger partial charge in [-0.3, -0.25) is 4.79 Å². The lowest BCUT2D eigenvalue weighted by Gasteiger charge is -2.19. The zero-order chi connectivity index (χ0) is 11.4. The Hall–Kier alpha value is -1.36. The average molecular weight is 210 g/mol. The molecule has 1 aromatic heterocycles. The van der Waals surface area contributed by atoms with Crippen molar-refractivity contribution in [2.24, 2.45) is 0 Å². The van der Waals surface area contributed by atoms with E-state index in [0.29, 0.717) is 6.54 Å². The van der Waals surface area contributed by atoms with Crippen LogP contribution in [0.1, 0.15) is 18.7 Å². The number of hydrogen-bond donors (Lipinski definition) is 1. The minimum Gasteiger partial charge on any atom is -0.347 e. The molecule has 0 aliphatic rings. The molecule has 1 rings (SSSR count). The minimum absolute atomic E-state index is 0.0744. The van der Waals surface area contributed by atoms with Crippen molar-refractivity contribution in [2.75, 3.05) is 21.1 Å². The van der Waals surface area contributed by atoms with Crippen LogP contribution in [0.2, 0.25) is 0 Å². The molecular formula is C10H18N4O. The Balaban J connectivity index is 2.85. The fourth-order valence-electron chi connectivity index (χ4n) is 1.49. The number of imidazole rings is 1. The molecule has 0 aromatic carbocycles. The van der Waals surface area contributed by atoms with E-state index in [1.54, 1.807) is 31.5 Å². The van der Waals surface area contributed by atoms with Crippen LogP contribution in [0, 0.1) is 0 Å². The highest BCUT2D eigenvalue weighted by Crippen LogP contribution is 2.11. The quantitative estimate of drug-likeness (QED) is 0.775. The van der Waals surface area contributed by atoms with Crippen molar-refractivity contribution >= 4 is 5.91 Å². The van der Waals surface area contributed by atoms with Gasteiger partial charge in [0.15, 0.2) is 0 Å². The second-order valence-electron chi connectivity index (χ2n) is 3.73. The standard InChI is InChI=1S/C10H18N4O/c1-8(10(15)13(3)4)14-7-12-6-9(14)5-11-2/h6-8,11H,5H2,1-4H3. The molecule has 1 aromatic rings. The molecule has 5 nitrogen and oxygen atoms in total. The SMILES string of the molecule is CNCc1cncn1C(C)C(=O)N(C)C. The number of amides is 1. The molecule has 0 aliphatic heterocycles. The van der Waals surface area contributed by atoms with Crippen LogP contribution >= 0.6 is 0 Å². The molecular weight excluding hydrogens is 192 g/mol. The average Bonchev–Trinajstić information content (AvgIpc) is 2.64. The zero-order valence-electron chi connectivity index (χ0n) is 9.69. The molecule has 1 N–H and O–H groups in total. The highest BCUT2D eigenvalue weighted by atomic mass is 16.2. The van der Waals surface area contributed by atoms with Gasteiger partial charge in [0.1, 0.15) is 6.04 Å². The molecule has 0 saturated heterocycles. The summed E-state index contributed by atoms with van der Waals surface area (Å²) < 4.78 is 1.89. The summed E-state index contributed by atoms with van der Waals surface area (Å²) in [5.74, 6) is 0.0744. The van der Waals surface area contributed by atoms with Crippen LogP contribution in [0.5, 0.6) is 0 Å². The van der Waals surface area contributed by atoms with Gasteiger partial charge in [-0.25, -0.2) is 4.98 Å². The van der Waals surface area contributed by atoms with E-state index < -0.39 is 0 Å². The lowest BCUT2D eigenvalue weighted by Crippen LogP contribution is -2.30. The van der Waals surface area contributed by atoms with Crippen molar-refractivity contribution in [3.05, 3.63) is 18.2 Å². The minimum atomic E-state index is -0.203. The van der Waals surface area contributed by atoms with Gasteiger partial charge < -0.3 is 14.8 Å². The van der Waals surface area contributed by atoms with Crippen LogP contribution < -0.4 is 5.32 Å². The third-order valence-electron chi connectivity index (χ3n) is 2.32.